The van der Waals surface area contributed by atoms with Crippen LogP contribution in [0.1, 0.15) is 24.8 Å². The topological polar surface area (TPSA) is 49.3 Å². The van der Waals surface area contributed by atoms with Crippen LogP contribution in [0.5, 0.6) is 0 Å². The van der Waals surface area contributed by atoms with Gasteiger partial charge < -0.3 is 10.4 Å². The molecule has 0 aromatic heterocycles. The molecule has 0 heterocycles. The number of fused-ring (bicyclic) bond motifs is 1. The Kier molecular flexibility index (Phi) is 3.45. The monoisotopic (exact) mass is 269 g/mol. The zero-order valence-corrected chi connectivity index (χ0v) is 11.4. The summed E-state index contributed by atoms with van der Waals surface area (Å²) in [6, 6.07) is 14.5. The average Bonchev–Trinajstić information content (AvgIpc) is 2.41. The van der Waals surface area contributed by atoms with Crippen molar-refractivity contribution in [3.8, 4) is 0 Å². The Balaban J connectivity index is 1.70. The molecule has 1 saturated carbocycles. The van der Waals surface area contributed by atoms with Crippen LogP contribution in [-0.2, 0) is 11.3 Å². The third-order valence-corrected chi connectivity index (χ3v) is 4.42. The van der Waals surface area contributed by atoms with Crippen LogP contribution in [0.4, 0.5) is 0 Å². The largest absolute Gasteiger partial charge is 0.481 e. The molecule has 20 heavy (non-hydrogen) atoms. The standard InChI is InChI=1S/C17H19NO2/c19-16(20)17(9-4-10-17)12-18-11-14-7-3-6-13-5-1-2-8-15(13)14/h1-3,5-8,18H,4,9-12H2,(H,19,20). The Morgan fingerprint density at radius 3 is 2.60 bits per heavy atom. The van der Waals surface area contributed by atoms with E-state index in [4.69, 9.17) is 0 Å². The van der Waals surface area contributed by atoms with Gasteiger partial charge in [-0.1, -0.05) is 48.9 Å². The zero-order chi connectivity index (χ0) is 14.0. The summed E-state index contributed by atoms with van der Waals surface area (Å²) in [6.07, 6.45) is 2.62. The predicted molar refractivity (Wildman–Crippen MR) is 79.6 cm³/mol. The first kappa shape index (κ1) is 13.1. The molecule has 2 N–H and O–H groups in total. The Morgan fingerprint density at radius 2 is 1.90 bits per heavy atom. The van der Waals surface area contributed by atoms with E-state index in [1.807, 2.05) is 12.1 Å². The highest BCUT2D eigenvalue weighted by molar-refractivity contribution is 5.85. The van der Waals surface area contributed by atoms with Gasteiger partial charge in [-0.3, -0.25) is 4.79 Å². The van der Waals surface area contributed by atoms with Gasteiger partial charge in [0, 0.05) is 13.1 Å². The van der Waals surface area contributed by atoms with Gasteiger partial charge in [0.05, 0.1) is 5.41 Å². The number of nitrogens with one attached hydrogen (secondary N) is 1. The number of aliphatic carboxylic acids is 1. The second kappa shape index (κ2) is 5.25. The highest BCUT2D eigenvalue weighted by atomic mass is 16.4. The van der Waals surface area contributed by atoms with Gasteiger partial charge in [0.1, 0.15) is 0 Å². The van der Waals surface area contributed by atoms with Crippen molar-refractivity contribution < 1.29 is 9.90 Å². The van der Waals surface area contributed by atoms with E-state index in [0.29, 0.717) is 6.54 Å². The molecule has 1 fully saturated rings. The minimum Gasteiger partial charge on any atom is -0.481 e. The van der Waals surface area contributed by atoms with Gasteiger partial charge in [-0.2, -0.15) is 0 Å². The number of carbonyl (C=O) groups is 1. The third kappa shape index (κ3) is 2.29. The average molecular weight is 269 g/mol. The highest BCUT2D eigenvalue weighted by Gasteiger charge is 2.43. The Hall–Kier alpha value is -1.87. The number of hydrogen-bond acceptors (Lipinski definition) is 2. The summed E-state index contributed by atoms with van der Waals surface area (Å²) >= 11 is 0. The quantitative estimate of drug-likeness (QED) is 0.876. The summed E-state index contributed by atoms with van der Waals surface area (Å²) < 4.78 is 0. The van der Waals surface area contributed by atoms with Crippen LogP contribution in [0.25, 0.3) is 10.8 Å². The summed E-state index contributed by atoms with van der Waals surface area (Å²) in [6.45, 7) is 1.28. The molecule has 0 atom stereocenters. The smallest absolute Gasteiger partial charge is 0.310 e. The fourth-order valence-corrected chi connectivity index (χ4v) is 2.95. The van der Waals surface area contributed by atoms with Gasteiger partial charge >= 0.3 is 5.97 Å². The number of benzene rings is 2. The number of carboxylic acids is 1. The minimum atomic E-state index is -0.658. The lowest BCUT2D eigenvalue weighted by molar-refractivity contribution is -0.154. The molecule has 0 bridgehead atoms. The van der Waals surface area contributed by atoms with Crippen molar-refractivity contribution in [1.82, 2.24) is 5.32 Å². The van der Waals surface area contributed by atoms with Crippen molar-refractivity contribution in [3.05, 3.63) is 48.0 Å². The molecule has 3 rings (SSSR count). The molecular weight excluding hydrogens is 250 g/mol. The van der Waals surface area contributed by atoms with Crippen LogP contribution in [0.2, 0.25) is 0 Å². The first-order valence-electron chi connectivity index (χ1n) is 7.12. The lowest BCUT2D eigenvalue weighted by Crippen LogP contribution is -2.45. The molecule has 3 nitrogen and oxygen atoms in total. The van der Waals surface area contributed by atoms with Crippen molar-refractivity contribution in [2.75, 3.05) is 6.54 Å². The van der Waals surface area contributed by atoms with E-state index in [0.717, 1.165) is 25.8 Å². The lowest BCUT2D eigenvalue weighted by Gasteiger charge is -2.37. The first-order valence-corrected chi connectivity index (χ1v) is 7.12. The maximum atomic E-state index is 11.3. The summed E-state index contributed by atoms with van der Waals surface area (Å²) in [5.74, 6) is -0.658. The molecule has 2 aromatic carbocycles. The molecule has 0 amide bonds. The molecule has 1 aliphatic rings. The molecule has 0 saturated heterocycles. The number of carboxylic acid groups (broad SMARTS) is 1. The first-order chi connectivity index (χ1) is 9.71. The van der Waals surface area contributed by atoms with Gasteiger partial charge in [0.2, 0.25) is 0 Å². The van der Waals surface area contributed by atoms with Gasteiger partial charge in [-0.25, -0.2) is 0 Å². The predicted octanol–water partition coefficient (Wildman–Crippen LogP) is 3.18. The Bertz CT molecular complexity index is 626. The summed E-state index contributed by atoms with van der Waals surface area (Å²) in [5.41, 5.74) is 0.702. The molecule has 1 aliphatic carbocycles. The second-order valence-electron chi connectivity index (χ2n) is 5.68. The van der Waals surface area contributed by atoms with E-state index in [1.165, 1.54) is 16.3 Å². The highest BCUT2D eigenvalue weighted by Crippen LogP contribution is 2.40. The molecule has 0 unspecified atom stereocenters. The van der Waals surface area contributed by atoms with Crippen molar-refractivity contribution in [2.45, 2.75) is 25.8 Å². The molecule has 0 radical (unpaired) electrons. The van der Waals surface area contributed by atoms with Crippen molar-refractivity contribution in [1.29, 1.82) is 0 Å². The van der Waals surface area contributed by atoms with Crippen LogP contribution < -0.4 is 5.32 Å². The van der Waals surface area contributed by atoms with Crippen molar-refractivity contribution in [2.24, 2.45) is 5.41 Å². The molecule has 2 aromatic rings. The molecule has 104 valence electrons. The minimum absolute atomic E-state index is 0.523. The van der Waals surface area contributed by atoms with E-state index in [2.05, 4.69) is 35.6 Å². The Labute approximate surface area is 118 Å². The molecular formula is C17H19NO2. The molecule has 3 heteroatoms. The normalized spacial score (nSPS) is 16.8. The SMILES string of the molecule is O=C(O)C1(CNCc2cccc3ccccc23)CCC1. The van der Waals surface area contributed by atoms with Gasteiger partial charge in [0.25, 0.3) is 0 Å². The number of hydrogen-bond donors (Lipinski definition) is 2. The Morgan fingerprint density at radius 1 is 1.15 bits per heavy atom. The van der Waals surface area contributed by atoms with Crippen LogP contribution >= 0.6 is 0 Å². The van der Waals surface area contributed by atoms with E-state index in [1.54, 1.807) is 0 Å². The molecule has 0 aliphatic heterocycles. The number of rotatable bonds is 5. The summed E-state index contributed by atoms with van der Waals surface area (Å²) in [5, 5.41) is 15.1. The van der Waals surface area contributed by atoms with Crippen molar-refractivity contribution >= 4 is 16.7 Å². The fraction of sp³-hybridized carbons (Fsp3) is 0.353. The fourth-order valence-electron chi connectivity index (χ4n) is 2.95. The van der Waals surface area contributed by atoms with Gasteiger partial charge in [-0.15, -0.1) is 0 Å². The van der Waals surface area contributed by atoms with Gasteiger partial charge in [0.15, 0.2) is 0 Å². The van der Waals surface area contributed by atoms with Gasteiger partial charge in [-0.05, 0) is 29.2 Å². The van der Waals surface area contributed by atoms with Crippen LogP contribution in [0.15, 0.2) is 42.5 Å². The summed E-state index contributed by atoms with van der Waals surface area (Å²) in [7, 11) is 0. The van der Waals surface area contributed by atoms with E-state index < -0.39 is 11.4 Å². The van der Waals surface area contributed by atoms with E-state index in [-0.39, 0.29) is 0 Å². The maximum Gasteiger partial charge on any atom is 0.310 e. The van der Waals surface area contributed by atoms with Crippen LogP contribution in [0.3, 0.4) is 0 Å². The van der Waals surface area contributed by atoms with E-state index in [9.17, 15) is 9.90 Å². The third-order valence-electron chi connectivity index (χ3n) is 4.42. The van der Waals surface area contributed by atoms with Crippen molar-refractivity contribution in [3.63, 3.8) is 0 Å². The van der Waals surface area contributed by atoms with E-state index >= 15 is 0 Å². The zero-order valence-electron chi connectivity index (χ0n) is 11.4. The maximum absolute atomic E-state index is 11.3. The molecule has 0 spiro atoms. The van der Waals surface area contributed by atoms with Crippen LogP contribution in [-0.4, -0.2) is 17.6 Å². The summed E-state index contributed by atoms with van der Waals surface area (Å²) in [4.78, 5) is 11.3. The lowest BCUT2D eigenvalue weighted by atomic mass is 9.69. The second-order valence-corrected chi connectivity index (χ2v) is 5.68. The van der Waals surface area contributed by atoms with Crippen LogP contribution in [0, 0.1) is 5.41 Å².